The van der Waals surface area contributed by atoms with Gasteiger partial charge in [-0.1, -0.05) is 39.2 Å². The first kappa shape index (κ1) is 26.3. The molecule has 1 rings (SSSR count). The SMILES string of the molecule is CCCCC(CC)CNC(=O)Nc1ccc(C)c(NC(=O)NC(C)CCC(=O)OC)c1. The van der Waals surface area contributed by atoms with Crippen molar-refractivity contribution in [3.05, 3.63) is 23.8 Å². The van der Waals surface area contributed by atoms with Crippen LogP contribution in [0.25, 0.3) is 0 Å². The van der Waals surface area contributed by atoms with Crippen LogP contribution in [0.4, 0.5) is 21.0 Å². The number of rotatable bonds is 12. The van der Waals surface area contributed by atoms with Gasteiger partial charge in [-0.05, 0) is 50.3 Å². The molecular formula is C23H38N4O4. The molecule has 0 spiro atoms. The summed E-state index contributed by atoms with van der Waals surface area (Å²) in [5, 5.41) is 11.4. The number of hydrogen-bond acceptors (Lipinski definition) is 4. The summed E-state index contributed by atoms with van der Waals surface area (Å²) >= 11 is 0. The molecule has 1 aromatic carbocycles. The summed E-state index contributed by atoms with van der Waals surface area (Å²) in [4.78, 5) is 35.8. The first-order chi connectivity index (χ1) is 14.8. The van der Waals surface area contributed by atoms with E-state index in [0.717, 1.165) is 31.2 Å². The summed E-state index contributed by atoms with van der Waals surface area (Å²) in [7, 11) is 1.34. The zero-order chi connectivity index (χ0) is 23.2. The number of unbranched alkanes of at least 4 members (excludes halogenated alkanes) is 1. The molecule has 8 heteroatoms. The Bertz CT molecular complexity index is 724. The first-order valence-electron chi connectivity index (χ1n) is 11.1. The number of amides is 4. The van der Waals surface area contributed by atoms with Crippen molar-refractivity contribution in [3.63, 3.8) is 0 Å². The molecular weight excluding hydrogens is 396 g/mol. The van der Waals surface area contributed by atoms with Crippen LogP contribution in [-0.4, -0.2) is 37.7 Å². The predicted octanol–water partition coefficient (Wildman–Crippen LogP) is 4.80. The molecule has 0 aliphatic rings. The second kappa shape index (κ2) is 14.3. The van der Waals surface area contributed by atoms with Gasteiger partial charge in [-0.2, -0.15) is 0 Å². The van der Waals surface area contributed by atoms with Gasteiger partial charge in [0, 0.05) is 30.4 Å². The normalized spacial score (nSPS) is 12.4. The number of hydrogen-bond donors (Lipinski definition) is 4. The highest BCUT2D eigenvalue weighted by atomic mass is 16.5. The smallest absolute Gasteiger partial charge is 0.319 e. The third kappa shape index (κ3) is 10.7. The number of urea groups is 2. The Kier molecular flexibility index (Phi) is 12.1. The average molecular weight is 435 g/mol. The molecule has 8 nitrogen and oxygen atoms in total. The largest absolute Gasteiger partial charge is 0.469 e. The monoisotopic (exact) mass is 434 g/mol. The second-order valence-electron chi connectivity index (χ2n) is 7.90. The molecule has 0 heterocycles. The van der Waals surface area contributed by atoms with E-state index < -0.39 is 0 Å². The molecule has 4 N–H and O–H groups in total. The number of anilines is 2. The highest BCUT2D eigenvalue weighted by Crippen LogP contribution is 2.20. The topological polar surface area (TPSA) is 109 Å². The van der Waals surface area contributed by atoms with Crippen LogP contribution in [0.15, 0.2) is 18.2 Å². The minimum Gasteiger partial charge on any atom is -0.469 e. The van der Waals surface area contributed by atoms with Crippen molar-refractivity contribution >= 4 is 29.4 Å². The third-order valence-corrected chi connectivity index (χ3v) is 5.22. The molecule has 31 heavy (non-hydrogen) atoms. The van der Waals surface area contributed by atoms with Gasteiger partial charge in [-0.15, -0.1) is 0 Å². The number of aryl methyl sites for hydroxylation is 1. The van der Waals surface area contributed by atoms with E-state index in [4.69, 9.17) is 0 Å². The Morgan fingerprint density at radius 1 is 1.06 bits per heavy atom. The number of carbonyl (C=O) groups excluding carboxylic acids is 3. The van der Waals surface area contributed by atoms with Gasteiger partial charge >= 0.3 is 18.0 Å². The Morgan fingerprint density at radius 3 is 2.45 bits per heavy atom. The van der Waals surface area contributed by atoms with E-state index in [-0.39, 0.29) is 30.5 Å². The van der Waals surface area contributed by atoms with Crippen LogP contribution in [0.2, 0.25) is 0 Å². The molecule has 2 unspecified atom stereocenters. The zero-order valence-electron chi connectivity index (χ0n) is 19.5. The van der Waals surface area contributed by atoms with Gasteiger partial charge < -0.3 is 26.0 Å². The van der Waals surface area contributed by atoms with Gasteiger partial charge in [-0.25, -0.2) is 9.59 Å². The van der Waals surface area contributed by atoms with E-state index in [1.165, 1.54) is 7.11 Å². The van der Waals surface area contributed by atoms with Crippen LogP contribution in [0.5, 0.6) is 0 Å². The number of benzene rings is 1. The van der Waals surface area contributed by atoms with Crippen molar-refractivity contribution in [3.8, 4) is 0 Å². The van der Waals surface area contributed by atoms with E-state index in [1.807, 2.05) is 19.9 Å². The molecule has 0 aliphatic carbocycles. The Balaban J connectivity index is 2.57. The second-order valence-corrected chi connectivity index (χ2v) is 7.90. The van der Waals surface area contributed by atoms with Gasteiger partial charge in [0.1, 0.15) is 0 Å². The van der Waals surface area contributed by atoms with Gasteiger partial charge in [0.25, 0.3) is 0 Å². The van der Waals surface area contributed by atoms with Crippen LogP contribution in [0.1, 0.15) is 64.9 Å². The molecule has 0 aliphatic heterocycles. The van der Waals surface area contributed by atoms with Crippen molar-refractivity contribution in [2.24, 2.45) is 5.92 Å². The summed E-state index contributed by atoms with van der Waals surface area (Å²) in [5.74, 6) is 0.170. The highest BCUT2D eigenvalue weighted by Gasteiger charge is 2.12. The van der Waals surface area contributed by atoms with Gasteiger partial charge in [0.2, 0.25) is 0 Å². The van der Waals surface area contributed by atoms with E-state index in [2.05, 4.69) is 39.9 Å². The number of esters is 1. The van der Waals surface area contributed by atoms with E-state index >= 15 is 0 Å². The molecule has 174 valence electrons. The fraction of sp³-hybridized carbons (Fsp3) is 0.609. The molecule has 0 aromatic heterocycles. The Hall–Kier alpha value is -2.77. The quantitative estimate of drug-likeness (QED) is 0.354. The summed E-state index contributed by atoms with van der Waals surface area (Å²) in [6.45, 7) is 8.64. The average Bonchev–Trinajstić information content (AvgIpc) is 2.74. The summed E-state index contributed by atoms with van der Waals surface area (Å²) in [6.07, 6.45) is 5.18. The Labute approximate surface area is 185 Å². The van der Waals surface area contributed by atoms with Crippen LogP contribution in [-0.2, 0) is 9.53 Å². The lowest BCUT2D eigenvalue weighted by Crippen LogP contribution is -2.36. The molecule has 1 aromatic rings. The molecule has 0 fully saturated rings. The van der Waals surface area contributed by atoms with E-state index in [1.54, 1.807) is 12.1 Å². The summed E-state index contributed by atoms with van der Waals surface area (Å²) in [5.41, 5.74) is 2.07. The number of ether oxygens (including phenoxy) is 1. The van der Waals surface area contributed by atoms with Crippen molar-refractivity contribution < 1.29 is 19.1 Å². The fourth-order valence-electron chi connectivity index (χ4n) is 3.08. The van der Waals surface area contributed by atoms with Crippen LogP contribution >= 0.6 is 0 Å². The maximum atomic E-state index is 12.3. The lowest BCUT2D eigenvalue weighted by molar-refractivity contribution is -0.140. The zero-order valence-corrected chi connectivity index (χ0v) is 19.5. The van der Waals surface area contributed by atoms with Crippen molar-refractivity contribution in [1.29, 1.82) is 0 Å². The molecule has 4 amide bonds. The van der Waals surface area contributed by atoms with Crippen molar-refractivity contribution in [1.82, 2.24) is 10.6 Å². The molecule has 0 saturated carbocycles. The molecule has 0 radical (unpaired) electrons. The number of methoxy groups -OCH3 is 1. The van der Waals surface area contributed by atoms with Gasteiger partial charge in [0.15, 0.2) is 0 Å². The lowest BCUT2D eigenvalue weighted by atomic mass is 9.99. The minimum atomic E-state index is -0.372. The standard InChI is InChI=1S/C23H38N4O4/c1-6-8-9-18(7-2)15-24-22(29)26-19-12-10-16(3)20(14-19)27-23(30)25-17(4)11-13-21(28)31-5/h10,12,14,17-18H,6-9,11,13,15H2,1-5H3,(H2,24,26,29)(H2,25,27,30). The predicted molar refractivity (Wildman–Crippen MR) is 124 cm³/mol. The molecule has 0 bridgehead atoms. The molecule has 2 atom stereocenters. The van der Waals surface area contributed by atoms with E-state index in [9.17, 15) is 14.4 Å². The Morgan fingerprint density at radius 2 is 1.81 bits per heavy atom. The lowest BCUT2D eigenvalue weighted by Gasteiger charge is -2.17. The number of carbonyl (C=O) groups is 3. The van der Waals surface area contributed by atoms with Crippen molar-refractivity contribution in [2.45, 2.75) is 72.3 Å². The van der Waals surface area contributed by atoms with E-state index in [0.29, 0.717) is 30.3 Å². The van der Waals surface area contributed by atoms with Crippen molar-refractivity contribution in [2.75, 3.05) is 24.3 Å². The van der Waals surface area contributed by atoms with Gasteiger partial charge in [0.05, 0.1) is 7.11 Å². The maximum Gasteiger partial charge on any atom is 0.319 e. The first-order valence-corrected chi connectivity index (χ1v) is 11.1. The van der Waals surface area contributed by atoms with Gasteiger partial charge in [-0.3, -0.25) is 4.79 Å². The molecule has 0 saturated heterocycles. The van der Waals surface area contributed by atoms with Crippen LogP contribution in [0.3, 0.4) is 0 Å². The maximum absolute atomic E-state index is 12.3. The van der Waals surface area contributed by atoms with Crippen LogP contribution in [0, 0.1) is 12.8 Å². The summed E-state index contributed by atoms with van der Waals surface area (Å²) in [6, 6.07) is 4.54. The fourth-order valence-corrected chi connectivity index (χ4v) is 3.08. The summed E-state index contributed by atoms with van der Waals surface area (Å²) < 4.78 is 4.61. The minimum absolute atomic E-state index is 0.189. The highest BCUT2D eigenvalue weighted by molar-refractivity contribution is 5.93. The number of nitrogens with one attached hydrogen (secondary N) is 4. The van der Waals surface area contributed by atoms with Crippen LogP contribution < -0.4 is 21.3 Å². The third-order valence-electron chi connectivity index (χ3n) is 5.22.